The zero-order valence-electron chi connectivity index (χ0n) is 17.3. The van der Waals surface area contributed by atoms with Gasteiger partial charge in [-0.05, 0) is 24.6 Å². The van der Waals surface area contributed by atoms with E-state index in [0.717, 1.165) is 0 Å². The largest absolute Gasteiger partial charge is 0.347 e. The van der Waals surface area contributed by atoms with Gasteiger partial charge in [0.15, 0.2) is 0 Å². The molecule has 32 heavy (non-hydrogen) atoms. The number of nitrogens with one attached hydrogen (secondary N) is 5. The molecule has 2 aromatic rings. The standard InChI is InChI=1S/C21H23N5O6/c1-13(26-18(29)12-25-20(31)15-5-3-2-4-6-15)19(30)24-11-16(27)21(32)23-10-14-7-8-17(28)22-9-14/h2-9,13H,10-12H2,1H3,(H,22,28)(H,23,32)(H,24,30)(H,25,31)(H,26,29)/t13-/m0/s1. The number of aromatic amines is 1. The number of pyridine rings is 1. The van der Waals surface area contributed by atoms with Gasteiger partial charge in [-0.1, -0.05) is 24.3 Å². The van der Waals surface area contributed by atoms with Crippen LogP contribution in [-0.4, -0.2) is 53.5 Å². The number of aromatic nitrogens is 1. The van der Waals surface area contributed by atoms with E-state index in [9.17, 15) is 28.8 Å². The number of H-pyrrole nitrogens is 1. The van der Waals surface area contributed by atoms with Crippen molar-refractivity contribution in [1.82, 2.24) is 26.3 Å². The Morgan fingerprint density at radius 3 is 2.28 bits per heavy atom. The minimum absolute atomic E-state index is 0.0243. The molecule has 0 aliphatic heterocycles. The Balaban J connectivity index is 1.68. The average molecular weight is 441 g/mol. The van der Waals surface area contributed by atoms with Gasteiger partial charge in [-0.3, -0.25) is 28.8 Å². The molecule has 1 aromatic heterocycles. The Labute approximate surface area is 183 Å². The second-order valence-electron chi connectivity index (χ2n) is 6.72. The molecule has 0 aliphatic rings. The minimum atomic E-state index is -0.992. The van der Waals surface area contributed by atoms with Crippen LogP contribution < -0.4 is 26.8 Å². The molecular formula is C21H23N5O6. The fraction of sp³-hybridized carbons (Fsp3) is 0.238. The minimum Gasteiger partial charge on any atom is -0.347 e. The summed E-state index contributed by atoms with van der Waals surface area (Å²) in [6.07, 6.45) is 1.40. The number of Topliss-reactive ketones (excluding diaryl/α,β-unsaturated/α-hetero) is 1. The van der Waals surface area contributed by atoms with Gasteiger partial charge in [-0.2, -0.15) is 0 Å². The predicted molar refractivity (Wildman–Crippen MR) is 113 cm³/mol. The van der Waals surface area contributed by atoms with E-state index in [0.29, 0.717) is 11.1 Å². The highest BCUT2D eigenvalue weighted by molar-refractivity contribution is 6.37. The number of rotatable bonds is 10. The average Bonchev–Trinajstić information content (AvgIpc) is 2.80. The van der Waals surface area contributed by atoms with Crippen LogP contribution in [0.15, 0.2) is 53.5 Å². The normalized spacial score (nSPS) is 11.0. The third-order valence-electron chi connectivity index (χ3n) is 4.19. The Hall–Kier alpha value is -4.28. The highest BCUT2D eigenvalue weighted by atomic mass is 16.2. The van der Waals surface area contributed by atoms with Crippen molar-refractivity contribution >= 4 is 29.4 Å². The molecule has 5 N–H and O–H groups in total. The zero-order valence-corrected chi connectivity index (χ0v) is 17.3. The molecule has 0 unspecified atom stereocenters. The highest BCUT2D eigenvalue weighted by Crippen LogP contribution is 1.97. The van der Waals surface area contributed by atoms with Gasteiger partial charge in [0.25, 0.3) is 11.8 Å². The van der Waals surface area contributed by atoms with E-state index in [-0.39, 0.29) is 18.6 Å². The van der Waals surface area contributed by atoms with Gasteiger partial charge in [0, 0.05) is 24.4 Å². The lowest BCUT2D eigenvalue weighted by molar-refractivity contribution is -0.138. The van der Waals surface area contributed by atoms with Crippen LogP contribution in [0.1, 0.15) is 22.8 Å². The van der Waals surface area contributed by atoms with Crippen molar-refractivity contribution in [3.8, 4) is 0 Å². The molecular weight excluding hydrogens is 418 g/mol. The number of ketones is 1. The van der Waals surface area contributed by atoms with Gasteiger partial charge in [0.1, 0.15) is 6.04 Å². The molecule has 1 aromatic carbocycles. The van der Waals surface area contributed by atoms with E-state index in [1.807, 2.05) is 0 Å². The van der Waals surface area contributed by atoms with Crippen molar-refractivity contribution in [2.45, 2.75) is 19.5 Å². The lowest BCUT2D eigenvalue weighted by Crippen LogP contribution is -2.49. The van der Waals surface area contributed by atoms with Crippen LogP contribution in [0.5, 0.6) is 0 Å². The van der Waals surface area contributed by atoms with Crippen molar-refractivity contribution < 1.29 is 24.0 Å². The van der Waals surface area contributed by atoms with Crippen LogP contribution >= 0.6 is 0 Å². The van der Waals surface area contributed by atoms with E-state index < -0.39 is 42.0 Å². The molecule has 0 saturated carbocycles. The van der Waals surface area contributed by atoms with Gasteiger partial charge in [-0.25, -0.2) is 0 Å². The van der Waals surface area contributed by atoms with Crippen molar-refractivity contribution in [2.24, 2.45) is 0 Å². The van der Waals surface area contributed by atoms with E-state index in [1.165, 1.54) is 25.3 Å². The maximum Gasteiger partial charge on any atom is 0.289 e. The fourth-order valence-corrected chi connectivity index (χ4v) is 2.44. The third kappa shape index (κ3) is 7.86. The Kier molecular flexibility index (Phi) is 8.84. The zero-order chi connectivity index (χ0) is 23.5. The van der Waals surface area contributed by atoms with Crippen molar-refractivity contribution in [3.63, 3.8) is 0 Å². The molecule has 0 fully saturated rings. The molecule has 0 aliphatic carbocycles. The second-order valence-corrected chi connectivity index (χ2v) is 6.72. The van der Waals surface area contributed by atoms with Crippen LogP contribution in [0, 0.1) is 0 Å². The van der Waals surface area contributed by atoms with E-state index in [1.54, 1.807) is 30.3 Å². The Morgan fingerprint density at radius 2 is 1.62 bits per heavy atom. The van der Waals surface area contributed by atoms with Crippen LogP contribution in [0.3, 0.4) is 0 Å². The van der Waals surface area contributed by atoms with Gasteiger partial charge in [0.05, 0.1) is 13.1 Å². The molecule has 4 amide bonds. The summed E-state index contributed by atoms with van der Waals surface area (Å²) in [5, 5.41) is 9.45. The first-order valence-electron chi connectivity index (χ1n) is 9.65. The molecule has 11 nitrogen and oxygen atoms in total. The molecule has 0 radical (unpaired) electrons. The Bertz CT molecular complexity index is 1030. The summed E-state index contributed by atoms with van der Waals surface area (Å²) in [4.78, 5) is 73.0. The highest BCUT2D eigenvalue weighted by Gasteiger charge is 2.19. The quantitative estimate of drug-likeness (QED) is 0.285. The third-order valence-corrected chi connectivity index (χ3v) is 4.19. The smallest absolute Gasteiger partial charge is 0.289 e. The number of hydrogen-bond donors (Lipinski definition) is 5. The van der Waals surface area contributed by atoms with Crippen LogP contribution in [-0.2, 0) is 25.7 Å². The number of hydrogen-bond acceptors (Lipinski definition) is 6. The Morgan fingerprint density at radius 1 is 0.906 bits per heavy atom. The van der Waals surface area contributed by atoms with Crippen molar-refractivity contribution in [1.29, 1.82) is 0 Å². The number of amides is 4. The summed E-state index contributed by atoms with van der Waals surface area (Å²) >= 11 is 0. The van der Waals surface area contributed by atoms with Crippen molar-refractivity contribution in [2.75, 3.05) is 13.1 Å². The first kappa shape index (κ1) is 24.0. The maximum atomic E-state index is 12.0. The van der Waals surface area contributed by atoms with Crippen LogP contribution in [0.2, 0.25) is 0 Å². The number of carbonyl (C=O) groups is 5. The summed E-state index contributed by atoms with van der Waals surface area (Å²) in [6, 6.07) is 10.1. The van der Waals surface area contributed by atoms with E-state index in [4.69, 9.17) is 0 Å². The predicted octanol–water partition coefficient (Wildman–Crippen LogP) is -1.39. The maximum absolute atomic E-state index is 12.0. The van der Waals surface area contributed by atoms with Crippen LogP contribution in [0.4, 0.5) is 0 Å². The van der Waals surface area contributed by atoms with E-state index >= 15 is 0 Å². The molecule has 0 spiro atoms. The van der Waals surface area contributed by atoms with Gasteiger partial charge in [-0.15, -0.1) is 0 Å². The van der Waals surface area contributed by atoms with Gasteiger partial charge in [0.2, 0.25) is 23.2 Å². The molecule has 1 atom stereocenters. The molecule has 0 saturated heterocycles. The lowest BCUT2D eigenvalue weighted by Gasteiger charge is -2.14. The summed E-state index contributed by atoms with van der Waals surface area (Å²) < 4.78 is 0. The summed E-state index contributed by atoms with van der Waals surface area (Å²) in [5.74, 6) is -3.49. The molecule has 0 bridgehead atoms. The summed E-state index contributed by atoms with van der Waals surface area (Å²) in [7, 11) is 0. The monoisotopic (exact) mass is 441 g/mol. The number of carbonyl (C=O) groups excluding carboxylic acids is 5. The summed E-state index contributed by atoms with van der Waals surface area (Å²) in [5.41, 5.74) is 0.688. The first-order valence-corrected chi connectivity index (χ1v) is 9.65. The first-order chi connectivity index (χ1) is 15.3. The van der Waals surface area contributed by atoms with Crippen LogP contribution in [0.25, 0.3) is 0 Å². The molecule has 2 rings (SSSR count). The van der Waals surface area contributed by atoms with Crippen molar-refractivity contribution in [3.05, 3.63) is 70.1 Å². The molecule has 1 heterocycles. The molecule has 11 heteroatoms. The van der Waals surface area contributed by atoms with E-state index in [2.05, 4.69) is 26.3 Å². The number of benzene rings is 1. The molecule has 168 valence electrons. The lowest BCUT2D eigenvalue weighted by atomic mass is 10.2. The fourth-order valence-electron chi connectivity index (χ4n) is 2.44. The van der Waals surface area contributed by atoms with Gasteiger partial charge < -0.3 is 26.3 Å². The SMILES string of the molecule is C[C@H](NC(=O)CNC(=O)c1ccccc1)C(=O)NCC(=O)C(=O)NCc1ccc(=O)[nH]c1. The topological polar surface area (TPSA) is 166 Å². The second kappa shape index (κ2) is 11.8. The van der Waals surface area contributed by atoms with Gasteiger partial charge >= 0.3 is 0 Å². The summed E-state index contributed by atoms with van der Waals surface area (Å²) in [6.45, 7) is 0.530.